The van der Waals surface area contributed by atoms with Crippen LogP contribution in [0.15, 0.2) is 0 Å². The molecule has 0 aromatic carbocycles. The normalized spacial score (nSPS) is 12.7. The second-order valence-corrected chi connectivity index (χ2v) is 5.11. The maximum atomic E-state index is 12.0. The molecule has 0 saturated heterocycles. The fraction of sp³-hybridized carbons (Fsp3) is 0.786. The van der Waals surface area contributed by atoms with Crippen LogP contribution in [0.3, 0.4) is 0 Å². The van der Waals surface area contributed by atoms with Crippen LogP contribution in [0.1, 0.15) is 47.0 Å². The minimum atomic E-state index is -1.05. The molecule has 116 valence electrons. The lowest BCUT2D eigenvalue weighted by Gasteiger charge is -2.27. The Balaban J connectivity index is 4.70. The van der Waals surface area contributed by atoms with Gasteiger partial charge >= 0.3 is 5.97 Å². The van der Waals surface area contributed by atoms with Crippen LogP contribution in [-0.2, 0) is 14.4 Å². The third-order valence-corrected chi connectivity index (χ3v) is 3.90. The molecule has 20 heavy (non-hydrogen) atoms. The van der Waals surface area contributed by atoms with E-state index in [0.29, 0.717) is 19.4 Å². The molecule has 0 aliphatic carbocycles. The average molecular weight is 286 g/mol. The highest BCUT2D eigenvalue weighted by Gasteiger charge is 2.37. The predicted molar refractivity (Wildman–Crippen MR) is 76.2 cm³/mol. The summed E-state index contributed by atoms with van der Waals surface area (Å²) in [5.41, 5.74) is -1.05. The van der Waals surface area contributed by atoms with Gasteiger partial charge in [0, 0.05) is 20.0 Å². The number of nitrogens with one attached hydrogen (secondary N) is 1. The van der Waals surface area contributed by atoms with E-state index in [9.17, 15) is 19.5 Å². The first kappa shape index (κ1) is 18.4. The lowest BCUT2D eigenvalue weighted by molar-refractivity contribution is -0.152. The van der Waals surface area contributed by atoms with Crippen molar-refractivity contribution in [3.63, 3.8) is 0 Å². The fourth-order valence-electron chi connectivity index (χ4n) is 2.03. The van der Waals surface area contributed by atoms with Crippen molar-refractivity contribution in [2.75, 3.05) is 13.6 Å². The fourth-order valence-corrected chi connectivity index (χ4v) is 2.03. The number of rotatable bonds is 8. The Labute approximate surface area is 120 Å². The molecule has 0 aliphatic heterocycles. The second-order valence-electron chi connectivity index (χ2n) is 5.11. The van der Waals surface area contributed by atoms with Gasteiger partial charge in [-0.25, -0.2) is 0 Å². The van der Waals surface area contributed by atoms with Gasteiger partial charge in [0.25, 0.3) is 0 Å². The maximum Gasteiger partial charge on any atom is 0.310 e. The molecule has 1 unspecified atom stereocenters. The van der Waals surface area contributed by atoms with Crippen LogP contribution in [0.25, 0.3) is 0 Å². The minimum Gasteiger partial charge on any atom is -0.481 e. The molecule has 2 amide bonds. The topological polar surface area (TPSA) is 86.7 Å². The van der Waals surface area contributed by atoms with Crippen LogP contribution in [0.4, 0.5) is 0 Å². The van der Waals surface area contributed by atoms with Crippen molar-refractivity contribution in [3.05, 3.63) is 0 Å². The largest absolute Gasteiger partial charge is 0.481 e. The molecule has 0 radical (unpaired) electrons. The highest BCUT2D eigenvalue weighted by atomic mass is 16.4. The molecule has 0 aromatic rings. The molecule has 0 spiro atoms. The van der Waals surface area contributed by atoms with E-state index in [4.69, 9.17) is 0 Å². The van der Waals surface area contributed by atoms with Crippen LogP contribution in [0.2, 0.25) is 0 Å². The highest BCUT2D eigenvalue weighted by Crippen LogP contribution is 2.30. The van der Waals surface area contributed by atoms with Gasteiger partial charge in [0.1, 0.15) is 6.04 Å². The van der Waals surface area contributed by atoms with E-state index in [1.165, 1.54) is 4.90 Å². The van der Waals surface area contributed by atoms with E-state index in [2.05, 4.69) is 5.32 Å². The SMILES string of the molecule is CCN(C)C(=O)C(C)NC(=O)CC(CC)(CC)C(=O)O. The molecule has 6 nitrogen and oxygen atoms in total. The van der Waals surface area contributed by atoms with Crippen LogP contribution in [0.5, 0.6) is 0 Å². The van der Waals surface area contributed by atoms with Crippen molar-refractivity contribution in [2.45, 2.75) is 53.0 Å². The molecule has 1 atom stereocenters. The number of likely N-dealkylation sites (N-methyl/N-ethyl adjacent to an activating group) is 1. The van der Waals surface area contributed by atoms with Gasteiger partial charge in [-0.2, -0.15) is 0 Å². The smallest absolute Gasteiger partial charge is 0.310 e. The summed E-state index contributed by atoms with van der Waals surface area (Å²) in [5, 5.41) is 11.9. The van der Waals surface area contributed by atoms with E-state index in [1.54, 1.807) is 27.8 Å². The molecule has 0 bridgehead atoms. The molecule has 6 heteroatoms. The summed E-state index contributed by atoms with van der Waals surface area (Å²) in [6.45, 7) is 7.51. The van der Waals surface area contributed by atoms with E-state index >= 15 is 0 Å². The van der Waals surface area contributed by atoms with Gasteiger partial charge in [-0.3, -0.25) is 14.4 Å². The number of nitrogens with zero attached hydrogens (tertiary/aromatic N) is 1. The Morgan fingerprint density at radius 1 is 1.20 bits per heavy atom. The number of hydrogen-bond donors (Lipinski definition) is 2. The van der Waals surface area contributed by atoms with E-state index < -0.39 is 23.3 Å². The Morgan fingerprint density at radius 3 is 2.05 bits per heavy atom. The number of hydrogen-bond acceptors (Lipinski definition) is 3. The Morgan fingerprint density at radius 2 is 1.70 bits per heavy atom. The summed E-state index contributed by atoms with van der Waals surface area (Å²) in [6, 6.07) is -0.646. The van der Waals surface area contributed by atoms with Crippen molar-refractivity contribution >= 4 is 17.8 Å². The summed E-state index contributed by atoms with van der Waals surface area (Å²) in [6.07, 6.45) is 0.648. The van der Waals surface area contributed by atoms with Gasteiger partial charge in [-0.05, 0) is 26.7 Å². The number of carboxylic acids is 1. The van der Waals surface area contributed by atoms with Crippen LogP contribution < -0.4 is 5.32 Å². The summed E-state index contributed by atoms with van der Waals surface area (Å²) in [7, 11) is 1.66. The third kappa shape index (κ3) is 4.51. The highest BCUT2D eigenvalue weighted by molar-refractivity contribution is 5.89. The molecule has 0 saturated carbocycles. The molecule has 0 fully saturated rings. The predicted octanol–water partition coefficient (Wildman–Crippen LogP) is 1.25. The van der Waals surface area contributed by atoms with Gasteiger partial charge < -0.3 is 15.3 Å². The lowest BCUT2D eigenvalue weighted by Crippen LogP contribution is -2.47. The number of carbonyl (C=O) groups excluding carboxylic acids is 2. The summed E-state index contributed by atoms with van der Waals surface area (Å²) >= 11 is 0. The standard InChI is InChI=1S/C14H26N2O4/c1-6-14(7-2,13(19)20)9-11(17)15-10(4)12(18)16(5)8-3/h10H,6-9H2,1-5H3,(H,15,17)(H,19,20). The van der Waals surface area contributed by atoms with Crippen LogP contribution in [0, 0.1) is 5.41 Å². The van der Waals surface area contributed by atoms with E-state index in [1.807, 2.05) is 6.92 Å². The van der Waals surface area contributed by atoms with E-state index in [-0.39, 0.29) is 12.3 Å². The van der Waals surface area contributed by atoms with Gasteiger partial charge in [0.05, 0.1) is 5.41 Å². The van der Waals surface area contributed by atoms with Crippen molar-refractivity contribution in [1.82, 2.24) is 10.2 Å². The van der Waals surface area contributed by atoms with Crippen molar-refractivity contribution in [2.24, 2.45) is 5.41 Å². The zero-order chi connectivity index (χ0) is 15.9. The van der Waals surface area contributed by atoms with Crippen molar-refractivity contribution in [1.29, 1.82) is 0 Å². The molecular weight excluding hydrogens is 260 g/mol. The minimum absolute atomic E-state index is 0.108. The monoisotopic (exact) mass is 286 g/mol. The quantitative estimate of drug-likeness (QED) is 0.703. The van der Waals surface area contributed by atoms with Crippen molar-refractivity contribution in [3.8, 4) is 0 Å². The first-order chi connectivity index (χ1) is 9.23. The number of aliphatic carboxylic acids is 1. The first-order valence-corrected chi connectivity index (χ1v) is 7.01. The van der Waals surface area contributed by atoms with Gasteiger partial charge in [-0.1, -0.05) is 13.8 Å². The number of carbonyl (C=O) groups is 3. The lowest BCUT2D eigenvalue weighted by atomic mass is 9.79. The summed E-state index contributed by atoms with van der Waals surface area (Å²) < 4.78 is 0. The molecular formula is C14H26N2O4. The first-order valence-electron chi connectivity index (χ1n) is 7.01. The zero-order valence-corrected chi connectivity index (χ0v) is 13.0. The zero-order valence-electron chi connectivity index (χ0n) is 13.0. The number of carboxylic acid groups (broad SMARTS) is 1. The van der Waals surface area contributed by atoms with Gasteiger partial charge in [0.2, 0.25) is 11.8 Å². The Kier molecular flexibility index (Phi) is 7.24. The van der Waals surface area contributed by atoms with Crippen LogP contribution in [-0.4, -0.2) is 47.4 Å². The van der Waals surface area contributed by atoms with Crippen LogP contribution >= 0.6 is 0 Å². The Bertz CT molecular complexity index is 364. The summed E-state index contributed by atoms with van der Waals surface area (Å²) in [4.78, 5) is 36.7. The summed E-state index contributed by atoms with van der Waals surface area (Å²) in [5.74, 6) is -1.56. The molecule has 0 aliphatic rings. The Hall–Kier alpha value is -1.59. The van der Waals surface area contributed by atoms with Crippen molar-refractivity contribution < 1.29 is 19.5 Å². The third-order valence-electron chi connectivity index (χ3n) is 3.90. The average Bonchev–Trinajstić information content (AvgIpc) is 2.42. The van der Waals surface area contributed by atoms with E-state index in [0.717, 1.165) is 0 Å². The second kappa shape index (κ2) is 7.87. The molecule has 2 N–H and O–H groups in total. The molecule has 0 aromatic heterocycles. The molecule has 0 rings (SSSR count). The van der Waals surface area contributed by atoms with Gasteiger partial charge in [0.15, 0.2) is 0 Å². The number of amides is 2. The van der Waals surface area contributed by atoms with Gasteiger partial charge in [-0.15, -0.1) is 0 Å². The maximum absolute atomic E-state index is 12.0. The molecule has 0 heterocycles.